The molecule has 2 aromatic rings. The Bertz CT molecular complexity index is 957. The normalized spacial score (nSPS) is 16.6. The van der Waals surface area contributed by atoms with E-state index in [0.29, 0.717) is 28.4 Å². The first kappa shape index (κ1) is 17.8. The minimum atomic E-state index is -3.34. The van der Waals surface area contributed by atoms with Crippen LogP contribution in [0.5, 0.6) is 0 Å². The van der Waals surface area contributed by atoms with Gasteiger partial charge in [-0.05, 0) is 61.7 Å². The quantitative estimate of drug-likeness (QED) is 0.887. The molecule has 1 aliphatic rings. The number of anilines is 2. The molecular weight excluding hydrogens is 360 g/mol. The molecule has 0 bridgehead atoms. The van der Waals surface area contributed by atoms with Crippen molar-refractivity contribution in [3.05, 3.63) is 58.1 Å². The second-order valence-electron chi connectivity index (χ2n) is 6.32. The van der Waals surface area contributed by atoms with Gasteiger partial charge in [0.05, 0.1) is 11.9 Å². The van der Waals surface area contributed by atoms with Gasteiger partial charge in [-0.25, -0.2) is 8.42 Å². The number of sulfonamides is 1. The molecule has 1 unspecified atom stereocenters. The van der Waals surface area contributed by atoms with Crippen LogP contribution in [0.4, 0.5) is 11.4 Å². The summed E-state index contributed by atoms with van der Waals surface area (Å²) in [7, 11) is -3.34. The summed E-state index contributed by atoms with van der Waals surface area (Å²) < 4.78 is 25.3. The maximum Gasteiger partial charge on any atom is 0.255 e. The zero-order chi connectivity index (χ0) is 18.4. The van der Waals surface area contributed by atoms with Crippen molar-refractivity contribution in [2.75, 3.05) is 15.9 Å². The molecule has 2 aromatic carbocycles. The summed E-state index contributed by atoms with van der Waals surface area (Å²) in [5.41, 5.74) is 3.44. The predicted molar refractivity (Wildman–Crippen MR) is 101 cm³/mol. The largest absolute Gasteiger partial charge is 0.322 e. The van der Waals surface area contributed by atoms with Gasteiger partial charge in [0.25, 0.3) is 5.91 Å². The molecule has 0 fully saturated rings. The number of fused-ring (bicyclic) bond motifs is 1. The van der Waals surface area contributed by atoms with Crippen molar-refractivity contribution in [3.63, 3.8) is 0 Å². The Balaban J connectivity index is 1.90. The summed E-state index contributed by atoms with van der Waals surface area (Å²) >= 11 is 6.08. The van der Waals surface area contributed by atoms with Crippen LogP contribution in [-0.2, 0) is 16.4 Å². The molecule has 0 aliphatic carbocycles. The van der Waals surface area contributed by atoms with Crippen molar-refractivity contribution in [1.29, 1.82) is 0 Å². The van der Waals surface area contributed by atoms with Gasteiger partial charge in [0, 0.05) is 22.3 Å². The van der Waals surface area contributed by atoms with Crippen LogP contribution >= 0.6 is 11.6 Å². The Morgan fingerprint density at radius 1 is 1.28 bits per heavy atom. The summed E-state index contributed by atoms with van der Waals surface area (Å²) in [4.78, 5) is 12.6. The van der Waals surface area contributed by atoms with Crippen LogP contribution in [0.15, 0.2) is 36.4 Å². The molecule has 1 amide bonds. The van der Waals surface area contributed by atoms with Gasteiger partial charge in [-0.3, -0.25) is 9.10 Å². The molecular formula is C18H19ClN2O3S. The van der Waals surface area contributed by atoms with Gasteiger partial charge in [-0.1, -0.05) is 17.7 Å². The minimum Gasteiger partial charge on any atom is -0.322 e. The van der Waals surface area contributed by atoms with Gasteiger partial charge in [0.15, 0.2) is 0 Å². The lowest BCUT2D eigenvalue weighted by molar-refractivity contribution is 0.102. The first-order valence-corrected chi connectivity index (χ1v) is 10.1. The molecule has 1 atom stereocenters. The fraction of sp³-hybridized carbons (Fsp3) is 0.278. The molecule has 3 rings (SSSR count). The summed E-state index contributed by atoms with van der Waals surface area (Å²) in [5.74, 6) is -0.251. The highest BCUT2D eigenvalue weighted by molar-refractivity contribution is 7.92. The SMILES string of the molecule is Cc1c(Cl)cccc1NC(=O)c1ccc2c(c1)CC(C)N2S(C)(=O)=O. The Hall–Kier alpha value is -2.05. The number of carbonyl (C=O) groups excluding carboxylic acids is 1. The maximum absolute atomic E-state index is 12.6. The smallest absolute Gasteiger partial charge is 0.255 e. The van der Waals surface area contributed by atoms with Crippen molar-refractivity contribution < 1.29 is 13.2 Å². The lowest BCUT2D eigenvalue weighted by atomic mass is 10.1. The number of benzene rings is 2. The van der Waals surface area contributed by atoms with Gasteiger partial charge in [-0.15, -0.1) is 0 Å². The molecule has 0 spiro atoms. The van der Waals surface area contributed by atoms with Crippen LogP contribution in [0.1, 0.15) is 28.4 Å². The molecule has 1 N–H and O–H groups in total. The topological polar surface area (TPSA) is 66.5 Å². The second kappa shape index (κ2) is 6.35. The maximum atomic E-state index is 12.6. The summed E-state index contributed by atoms with van der Waals surface area (Å²) in [6.45, 7) is 3.70. The lowest BCUT2D eigenvalue weighted by Crippen LogP contribution is -2.34. The molecule has 0 saturated carbocycles. The van der Waals surface area contributed by atoms with Gasteiger partial charge in [-0.2, -0.15) is 0 Å². The molecule has 25 heavy (non-hydrogen) atoms. The average Bonchev–Trinajstić information content (AvgIpc) is 2.86. The van der Waals surface area contributed by atoms with Crippen LogP contribution < -0.4 is 9.62 Å². The first-order valence-electron chi connectivity index (χ1n) is 7.87. The third-order valence-electron chi connectivity index (χ3n) is 4.37. The van der Waals surface area contributed by atoms with E-state index in [0.717, 1.165) is 11.1 Å². The molecule has 132 valence electrons. The van der Waals surface area contributed by atoms with Gasteiger partial charge in [0.1, 0.15) is 0 Å². The van der Waals surface area contributed by atoms with Crippen molar-refractivity contribution in [1.82, 2.24) is 0 Å². The monoisotopic (exact) mass is 378 g/mol. The van der Waals surface area contributed by atoms with E-state index in [4.69, 9.17) is 11.6 Å². The highest BCUT2D eigenvalue weighted by Crippen LogP contribution is 2.35. The number of hydrogen-bond donors (Lipinski definition) is 1. The molecule has 0 radical (unpaired) electrons. The highest BCUT2D eigenvalue weighted by atomic mass is 35.5. The van der Waals surface area contributed by atoms with Crippen LogP contribution in [0.2, 0.25) is 5.02 Å². The van der Waals surface area contributed by atoms with E-state index in [2.05, 4.69) is 5.32 Å². The fourth-order valence-corrected chi connectivity index (χ4v) is 4.62. The predicted octanol–water partition coefficient (Wildman–Crippen LogP) is 3.61. The number of nitrogens with zero attached hydrogens (tertiary/aromatic N) is 1. The number of rotatable bonds is 3. The van der Waals surface area contributed by atoms with Gasteiger partial charge >= 0.3 is 0 Å². The molecule has 7 heteroatoms. The van der Waals surface area contributed by atoms with Crippen LogP contribution in [-0.4, -0.2) is 26.6 Å². The highest BCUT2D eigenvalue weighted by Gasteiger charge is 2.32. The lowest BCUT2D eigenvalue weighted by Gasteiger charge is -2.21. The third-order valence-corrected chi connectivity index (χ3v) is 6.05. The van der Waals surface area contributed by atoms with Crippen molar-refractivity contribution >= 4 is 38.9 Å². The van der Waals surface area contributed by atoms with E-state index < -0.39 is 10.0 Å². The van der Waals surface area contributed by atoms with E-state index in [1.165, 1.54) is 10.6 Å². The van der Waals surface area contributed by atoms with Crippen LogP contribution in [0, 0.1) is 6.92 Å². The minimum absolute atomic E-state index is 0.154. The Morgan fingerprint density at radius 2 is 2.00 bits per heavy atom. The summed E-state index contributed by atoms with van der Waals surface area (Å²) in [6, 6.07) is 10.3. The molecule has 1 aliphatic heterocycles. The number of nitrogens with one attached hydrogen (secondary N) is 1. The zero-order valence-corrected chi connectivity index (χ0v) is 15.8. The Labute approximate surface area is 152 Å². The first-order chi connectivity index (χ1) is 11.7. The van der Waals surface area contributed by atoms with E-state index in [9.17, 15) is 13.2 Å². The summed E-state index contributed by atoms with van der Waals surface area (Å²) in [5, 5.41) is 3.44. The van der Waals surface area contributed by atoms with E-state index >= 15 is 0 Å². The van der Waals surface area contributed by atoms with Gasteiger partial charge in [0.2, 0.25) is 10.0 Å². The van der Waals surface area contributed by atoms with Crippen molar-refractivity contribution in [2.45, 2.75) is 26.3 Å². The molecule has 1 heterocycles. The molecule has 0 saturated heterocycles. The van der Waals surface area contributed by atoms with Crippen molar-refractivity contribution in [3.8, 4) is 0 Å². The van der Waals surface area contributed by atoms with Crippen LogP contribution in [0.3, 0.4) is 0 Å². The zero-order valence-electron chi connectivity index (χ0n) is 14.2. The van der Waals surface area contributed by atoms with Crippen LogP contribution in [0.25, 0.3) is 0 Å². The standard InChI is InChI=1S/C18H19ClN2O3S/c1-11-9-14-10-13(7-8-17(14)21(11)25(3,23)24)18(22)20-16-6-4-5-15(19)12(16)2/h4-8,10-11H,9H2,1-3H3,(H,20,22). The fourth-order valence-electron chi connectivity index (χ4n) is 3.19. The molecule has 0 aromatic heterocycles. The van der Waals surface area contributed by atoms with E-state index in [-0.39, 0.29) is 11.9 Å². The number of halogens is 1. The second-order valence-corrected chi connectivity index (χ2v) is 8.59. The number of carbonyl (C=O) groups is 1. The number of hydrogen-bond acceptors (Lipinski definition) is 3. The van der Waals surface area contributed by atoms with E-state index in [1.807, 2.05) is 13.8 Å². The van der Waals surface area contributed by atoms with Crippen molar-refractivity contribution in [2.24, 2.45) is 0 Å². The molecule has 5 nitrogen and oxygen atoms in total. The Morgan fingerprint density at radius 3 is 2.68 bits per heavy atom. The average molecular weight is 379 g/mol. The third kappa shape index (κ3) is 3.37. The number of amides is 1. The summed E-state index contributed by atoms with van der Waals surface area (Å²) in [6.07, 6.45) is 1.78. The van der Waals surface area contributed by atoms with Gasteiger partial charge < -0.3 is 5.32 Å². The Kier molecular flexibility index (Phi) is 4.51. The van der Waals surface area contributed by atoms with E-state index in [1.54, 1.807) is 36.4 Å².